The van der Waals surface area contributed by atoms with Crippen LogP contribution in [0.25, 0.3) is 0 Å². The molecule has 1 rings (SSSR count). The molecule has 0 bridgehead atoms. The Hall–Kier alpha value is -0.0800. The molecule has 1 aliphatic heterocycles. The van der Waals surface area contributed by atoms with Gasteiger partial charge in [-0.3, -0.25) is 0 Å². The summed E-state index contributed by atoms with van der Waals surface area (Å²) in [4.78, 5) is 0. The summed E-state index contributed by atoms with van der Waals surface area (Å²) in [5.74, 6) is 1.49. The Balaban J connectivity index is 2.30. The van der Waals surface area contributed by atoms with Crippen molar-refractivity contribution < 1.29 is 4.74 Å². The van der Waals surface area contributed by atoms with E-state index >= 15 is 0 Å². The molecule has 0 amide bonds. The van der Waals surface area contributed by atoms with Gasteiger partial charge < -0.3 is 10.5 Å². The molecule has 0 saturated carbocycles. The maximum absolute atomic E-state index is 5.61. The van der Waals surface area contributed by atoms with E-state index in [2.05, 4.69) is 6.92 Å². The Kier molecular flexibility index (Phi) is 3.87. The van der Waals surface area contributed by atoms with E-state index in [1.54, 1.807) is 0 Å². The van der Waals surface area contributed by atoms with Gasteiger partial charge in [0, 0.05) is 13.2 Å². The van der Waals surface area contributed by atoms with E-state index in [9.17, 15) is 0 Å². The topological polar surface area (TPSA) is 35.2 Å². The lowest BCUT2D eigenvalue weighted by Gasteiger charge is -2.19. The van der Waals surface area contributed by atoms with Gasteiger partial charge >= 0.3 is 0 Å². The highest BCUT2D eigenvalue weighted by atomic mass is 16.5. The average Bonchev–Trinajstić information content (AvgIpc) is 2.30. The first-order valence-corrected chi connectivity index (χ1v) is 4.62. The van der Waals surface area contributed by atoms with Crippen LogP contribution in [0.4, 0.5) is 0 Å². The third-order valence-electron chi connectivity index (χ3n) is 2.67. The van der Waals surface area contributed by atoms with Crippen LogP contribution in [0.5, 0.6) is 0 Å². The molecule has 1 saturated heterocycles. The normalized spacial score (nSPS) is 29.5. The van der Waals surface area contributed by atoms with Gasteiger partial charge in [0.25, 0.3) is 0 Å². The molecule has 66 valence electrons. The van der Waals surface area contributed by atoms with Crippen LogP contribution >= 0.6 is 0 Å². The van der Waals surface area contributed by atoms with E-state index in [1.807, 2.05) is 0 Å². The predicted molar refractivity (Wildman–Crippen MR) is 46.4 cm³/mol. The average molecular weight is 157 g/mol. The Morgan fingerprint density at radius 2 is 2.27 bits per heavy atom. The van der Waals surface area contributed by atoms with Crippen LogP contribution in [-0.2, 0) is 4.74 Å². The van der Waals surface area contributed by atoms with Crippen molar-refractivity contribution in [2.45, 2.75) is 26.2 Å². The van der Waals surface area contributed by atoms with Crippen molar-refractivity contribution in [1.82, 2.24) is 0 Å². The first-order chi connectivity index (χ1) is 5.34. The first kappa shape index (κ1) is 9.01. The van der Waals surface area contributed by atoms with Gasteiger partial charge in [-0.1, -0.05) is 6.92 Å². The lowest BCUT2D eigenvalue weighted by atomic mass is 9.88. The summed E-state index contributed by atoms with van der Waals surface area (Å²) in [6.45, 7) is 4.96. The lowest BCUT2D eigenvalue weighted by molar-refractivity contribution is 0.139. The fraction of sp³-hybridized carbons (Fsp3) is 1.00. The van der Waals surface area contributed by atoms with Crippen molar-refractivity contribution in [3.63, 3.8) is 0 Å². The molecule has 1 heterocycles. The highest BCUT2D eigenvalue weighted by molar-refractivity contribution is 4.69. The molecule has 2 N–H and O–H groups in total. The van der Waals surface area contributed by atoms with Gasteiger partial charge in [-0.2, -0.15) is 0 Å². The Labute approximate surface area is 69.1 Å². The van der Waals surface area contributed by atoms with Crippen LogP contribution in [0.3, 0.4) is 0 Å². The third-order valence-corrected chi connectivity index (χ3v) is 2.67. The second-order valence-corrected chi connectivity index (χ2v) is 3.52. The quantitative estimate of drug-likeness (QED) is 0.657. The van der Waals surface area contributed by atoms with Crippen LogP contribution in [-0.4, -0.2) is 19.8 Å². The number of nitrogens with two attached hydrogens (primary N) is 1. The highest BCUT2D eigenvalue weighted by Crippen LogP contribution is 2.22. The van der Waals surface area contributed by atoms with Crippen LogP contribution in [0.15, 0.2) is 0 Å². The summed E-state index contributed by atoms with van der Waals surface area (Å²) in [5, 5.41) is 0. The summed E-state index contributed by atoms with van der Waals surface area (Å²) in [6, 6.07) is 0. The van der Waals surface area contributed by atoms with Crippen LogP contribution in [0.2, 0.25) is 0 Å². The number of hydrogen-bond acceptors (Lipinski definition) is 2. The minimum atomic E-state index is 0.677. The largest absolute Gasteiger partial charge is 0.381 e. The van der Waals surface area contributed by atoms with Crippen LogP contribution in [0, 0.1) is 11.8 Å². The SMILES string of the molecule is CC(CN)C1CCCOCC1. The van der Waals surface area contributed by atoms with E-state index in [0.29, 0.717) is 5.92 Å². The van der Waals surface area contributed by atoms with Gasteiger partial charge in [-0.05, 0) is 37.6 Å². The van der Waals surface area contributed by atoms with Crippen molar-refractivity contribution in [2.24, 2.45) is 17.6 Å². The summed E-state index contributed by atoms with van der Waals surface area (Å²) in [5.41, 5.74) is 5.61. The summed E-state index contributed by atoms with van der Waals surface area (Å²) < 4.78 is 5.38. The first-order valence-electron chi connectivity index (χ1n) is 4.62. The fourth-order valence-electron chi connectivity index (χ4n) is 1.69. The second-order valence-electron chi connectivity index (χ2n) is 3.52. The summed E-state index contributed by atoms with van der Waals surface area (Å²) in [7, 11) is 0. The van der Waals surface area contributed by atoms with Crippen molar-refractivity contribution in [2.75, 3.05) is 19.8 Å². The predicted octanol–water partition coefficient (Wildman–Crippen LogP) is 1.40. The summed E-state index contributed by atoms with van der Waals surface area (Å²) >= 11 is 0. The molecular formula is C9H19NO. The van der Waals surface area contributed by atoms with Gasteiger partial charge in [0.05, 0.1) is 0 Å². The van der Waals surface area contributed by atoms with Crippen molar-refractivity contribution in [1.29, 1.82) is 0 Å². The smallest absolute Gasteiger partial charge is 0.0468 e. The van der Waals surface area contributed by atoms with Gasteiger partial charge in [0.1, 0.15) is 0 Å². The lowest BCUT2D eigenvalue weighted by Crippen LogP contribution is -2.20. The van der Waals surface area contributed by atoms with Crippen molar-refractivity contribution >= 4 is 0 Å². The zero-order chi connectivity index (χ0) is 8.10. The van der Waals surface area contributed by atoms with Crippen LogP contribution < -0.4 is 5.73 Å². The maximum atomic E-state index is 5.61. The Morgan fingerprint density at radius 3 is 3.00 bits per heavy atom. The van der Waals surface area contributed by atoms with Crippen molar-refractivity contribution in [3.05, 3.63) is 0 Å². The molecule has 0 aromatic heterocycles. The van der Waals surface area contributed by atoms with Gasteiger partial charge in [0.2, 0.25) is 0 Å². The minimum absolute atomic E-state index is 0.677. The standard InChI is InChI=1S/C9H19NO/c1-8(7-10)9-3-2-5-11-6-4-9/h8-9H,2-7,10H2,1H3. The molecule has 2 atom stereocenters. The Bertz CT molecular complexity index is 97.7. The molecule has 0 radical (unpaired) electrons. The molecular weight excluding hydrogens is 138 g/mol. The molecule has 2 heteroatoms. The van der Waals surface area contributed by atoms with E-state index in [4.69, 9.17) is 10.5 Å². The molecule has 0 aromatic carbocycles. The van der Waals surface area contributed by atoms with E-state index in [0.717, 1.165) is 25.7 Å². The molecule has 0 spiro atoms. The molecule has 0 aliphatic carbocycles. The zero-order valence-electron chi connectivity index (χ0n) is 7.38. The minimum Gasteiger partial charge on any atom is -0.381 e. The zero-order valence-corrected chi connectivity index (χ0v) is 7.38. The second kappa shape index (κ2) is 4.73. The van der Waals surface area contributed by atoms with E-state index in [1.165, 1.54) is 19.3 Å². The summed E-state index contributed by atoms with van der Waals surface area (Å²) in [6.07, 6.45) is 3.73. The third kappa shape index (κ3) is 2.80. The number of ether oxygens (including phenoxy) is 1. The maximum Gasteiger partial charge on any atom is 0.0468 e. The Morgan fingerprint density at radius 1 is 1.45 bits per heavy atom. The monoisotopic (exact) mass is 157 g/mol. The van der Waals surface area contributed by atoms with E-state index in [-0.39, 0.29) is 0 Å². The number of rotatable bonds is 2. The molecule has 0 aromatic rings. The van der Waals surface area contributed by atoms with Gasteiger partial charge in [-0.25, -0.2) is 0 Å². The molecule has 11 heavy (non-hydrogen) atoms. The van der Waals surface area contributed by atoms with Gasteiger partial charge in [-0.15, -0.1) is 0 Å². The highest BCUT2D eigenvalue weighted by Gasteiger charge is 2.17. The van der Waals surface area contributed by atoms with Gasteiger partial charge in [0.15, 0.2) is 0 Å². The van der Waals surface area contributed by atoms with E-state index < -0.39 is 0 Å². The van der Waals surface area contributed by atoms with Crippen molar-refractivity contribution in [3.8, 4) is 0 Å². The van der Waals surface area contributed by atoms with Crippen LogP contribution in [0.1, 0.15) is 26.2 Å². The molecule has 2 nitrogen and oxygen atoms in total. The molecule has 1 aliphatic rings. The molecule has 1 fully saturated rings. The fourth-order valence-corrected chi connectivity index (χ4v) is 1.69. The number of hydrogen-bond donors (Lipinski definition) is 1. The molecule has 2 unspecified atom stereocenters.